The summed E-state index contributed by atoms with van der Waals surface area (Å²) in [7, 11) is 0. The summed E-state index contributed by atoms with van der Waals surface area (Å²) in [6.45, 7) is 15.3. The molecule has 0 saturated heterocycles. The smallest absolute Gasteiger partial charge is 0.168 e. The average molecular weight is 273 g/mol. The lowest BCUT2D eigenvalue weighted by molar-refractivity contribution is 0.283. The van der Waals surface area contributed by atoms with Crippen LogP contribution >= 0.6 is 12.2 Å². The SMILES string of the molecule is CCCCNC(=S)N(CC)CCCN(CC)CC. The topological polar surface area (TPSA) is 18.5 Å². The maximum atomic E-state index is 5.42. The third-order valence-corrected chi connectivity index (χ3v) is 3.67. The van der Waals surface area contributed by atoms with Crippen molar-refractivity contribution < 1.29 is 0 Å². The predicted octanol–water partition coefficient (Wildman–Crippen LogP) is 2.71. The first kappa shape index (κ1) is 17.6. The standard InChI is InChI=1S/C14H31N3S/c1-5-9-11-15-14(18)17(8-4)13-10-12-16(6-2)7-3/h5-13H2,1-4H3,(H,15,18). The number of hydrogen-bond acceptors (Lipinski definition) is 2. The molecule has 18 heavy (non-hydrogen) atoms. The van der Waals surface area contributed by atoms with E-state index in [1.165, 1.54) is 25.8 Å². The highest BCUT2D eigenvalue weighted by Crippen LogP contribution is 1.97. The molecule has 0 aromatic heterocycles. The summed E-state index contributed by atoms with van der Waals surface area (Å²) in [6.07, 6.45) is 3.59. The quantitative estimate of drug-likeness (QED) is 0.487. The van der Waals surface area contributed by atoms with E-state index in [-0.39, 0.29) is 0 Å². The van der Waals surface area contributed by atoms with E-state index in [1.54, 1.807) is 0 Å². The molecule has 0 heterocycles. The lowest BCUT2D eigenvalue weighted by atomic mass is 10.3. The summed E-state index contributed by atoms with van der Waals surface area (Å²) in [5.41, 5.74) is 0. The summed E-state index contributed by atoms with van der Waals surface area (Å²) < 4.78 is 0. The summed E-state index contributed by atoms with van der Waals surface area (Å²) in [5.74, 6) is 0. The fraction of sp³-hybridized carbons (Fsp3) is 0.929. The van der Waals surface area contributed by atoms with E-state index in [9.17, 15) is 0 Å². The van der Waals surface area contributed by atoms with E-state index < -0.39 is 0 Å². The minimum Gasteiger partial charge on any atom is -0.363 e. The molecule has 3 nitrogen and oxygen atoms in total. The Morgan fingerprint density at radius 3 is 2.11 bits per heavy atom. The van der Waals surface area contributed by atoms with Crippen LogP contribution in [-0.2, 0) is 0 Å². The van der Waals surface area contributed by atoms with Crippen LogP contribution in [0.15, 0.2) is 0 Å². The van der Waals surface area contributed by atoms with Gasteiger partial charge < -0.3 is 15.1 Å². The molecule has 0 fully saturated rings. The maximum absolute atomic E-state index is 5.42. The minimum atomic E-state index is 0.922. The van der Waals surface area contributed by atoms with Crippen molar-refractivity contribution in [3.05, 3.63) is 0 Å². The second kappa shape index (κ2) is 11.7. The minimum absolute atomic E-state index is 0.922. The first-order chi connectivity index (χ1) is 8.69. The summed E-state index contributed by atoms with van der Waals surface area (Å²) in [5, 5.41) is 4.27. The maximum Gasteiger partial charge on any atom is 0.168 e. The molecular weight excluding hydrogens is 242 g/mol. The highest BCUT2D eigenvalue weighted by Gasteiger charge is 2.07. The highest BCUT2D eigenvalue weighted by atomic mass is 32.1. The molecule has 0 aliphatic carbocycles. The lowest BCUT2D eigenvalue weighted by Crippen LogP contribution is -2.41. The van der Waals surface area contributed by atoms with Gasteiger partial charge in [0.2, 0.25) is 0 Å². The van der Waals surface area contributed by atoms with Gasteiger partial charge in [-0.1, -0.05) is 27.2 Å². The monoisotopic (exact) mass is 273 g/mol. The molecule has 0 aromatic carbocycles. The molecule has 0 bridgehead atoms. The number of unbranched alkanes of at least 4 members (excludes halogenated alkanes) is 1. The molecule has 0 aliphatic rings. The lowest BCUT2D eigenvalue weighted by Gasteiger charge is -2.26. The molecule has 0 unspecified atom stereocenters. The molecule has 4 heteroatoms. The molecule has 0 aromatic rings. The van der Waals surface area contributed by atoms with Crippen LogP contribution in [-0.4, -0.2) is 54.2 Å². The van der Waals surface area contributed by atoms with Crippen molar-refractivity contribution in [2.24, 2.45) is 0 Å². The van der Waals surface area contributed by atoms with E-state index in [0.29, 0.717) is 0 Å². The van der Waals surface area contributed by atoms with Crippen molar-refractivity contribution in [1.82, 2.24) is 15.1 Å². The van der Waals surface area contributed by atoms with E-state index >= 15 is 0 Å². The molecule has 0 spiro atoms. The fourth-order valence-corrected chi connectivity index (χ4v) is 2.23. The zero-order chi connectivity index (χ0) is 13.8. The van der Waals surface area contributed by atoms with Crippen LogP contribution in [0, 0.1) is 0 Å². The van der Waals surface area contributed by atoms with Crippen LogP contribution in [0.25, 0.3) is 0 Å². The largest absolute Gasteiger partial charge is 0.363 e. The average Bonchev–Trinajstić information content (AvgIpc) is 2.39. The van der Waals surface area contributed by atoms with Gasteiger partial charge in [-0.05, 0) is 51.6 Å². The summed E-state index contributed by atoms with van der Waals surface area (Å²) >= 11 is 5.42. The van der Waals surface area contributed by atoms with Gasteiger partial charge in [0.05, 0.1) is 0 Å². The van der Waals surface area contributed by atoms with Crippen molar-refractivity contribution in [3.8, 4) is 0 Å². The van der Waals surface area contributed by atoms with Crippen LogP contribution in [0.2, 0.25) is 0 Å². The van der Waals surface area contributed by atoms with Gasteiger partial charge in [0.25, 0.3) is 0 Å². The van der Waals surface area contributed by atoms with Gasteiger partial charge in [0, 0.05) is 19.6 Å². The molecule has 1 N–H and O–H groups in total. The van der Waals surface area contributed by atoms with Gasteiger partial charge in [-0.3, -0.25) is 0 Å². The van der Waals surface area contributed by atoms with Crippen LogP contribution in [0.5, 0.6) is 0 Å². The number of rotatable bonds is 10. The zero-order valence-electron chi connectivity index (χ0n) is 12.7. The fourth-order valence-electron chi connectivity index (χ4n) is 1.91. The van der Waals surface area contributed by atoms with E-state index in [0.717, 1.165) is 37.8 Å². The summed E-state index contributed by atoms with van der Waals surface area (Å²) in [4.78, 5) is 4.73. The number of thiocarbonyl (C=S) groups is 1. The second-order valence-corrected chi connectivity index (χ2v) is 4.93. The van der Waals surface area contributed by atoms with Crippen LogP contribution in [0.3, 0.4) is 0 Å². The van der Waals surface area contributed by atoms with Crippen molar-refractivity contribution in [2.45, 2.75) is 47.0 Å². The van der Waals surface area contributed by atoms with Gasteiger partial charge in [-0.2, -0.15) is 0 Å². The van der Waals surface area contributed by atoms with Crippen LogP contribution in [0.4, 0.5) is 0 Å². The highest BCUT2D eigenvalue weighted by molar-refractivity contribution is 7.80. The Balaban J connectivity index is 3.84. The van der Waals surface area contributed by atoms with E-state index in [4.69, 9.17) is 12.2 Å². The first-order valence-electron chi connectivity index (χ1n) is 7.44. The van der Waals surface area contributed by atoms with Gasteiger partial charge in [-0.15, -0.1) is 0 Å². The van der Waals surface area contributed by atoms with E-state index in [1.807, 2.05) is 0 Å². The Bertz CT molecular complexity index is 205. The van der Waals surface area contributed by atoms with Gasteiger partial charge >= 0.3 is 0 Å². The van der Waals surface area contributed by atoms with Crippen molar-refractivity contribution in [1.29, 1.82) is 0 Å². The molecule has 0 saturated carbocycles. The molecule has 0 radical (unpaired) electrons. The third-order valence-electron chi connectivity index (χ3n) is 3.27. The Labute approximate surface area is 119 Å². The normalized spacial score (nSPS) is 10.7. The Morgan fingerprint density at radius 2 is 1.61 bits per heavy atom. The number of hydrogen-bond donors (Lipinski definition) is 1. The van der Waals surface area contributed by atoms with Crippen molar-refractivity contribution >= 4 is 17.3 Å². The molecule has 0 aliphatic heterocycles. The molecule has 108 valence electrons. The molecule has 0 rings (SSSR count). The second-order valence-electron chi connectivity index (χ2n) is 4.55. The first-order valence-corrected chi connectivity index (χ1v) is 7.85. The number of nitrogens with zero attached hydrogens (tertiary/aromatic N) is 2. The third kappa shape index (κ3) is 7.88. The zero-order valence-corrected chi connectivity index (χ0v) is 13.5. The van der Waals surface area contributed by atoms with Gasteiger partial charge in [-0.25, -0.2) is 0 Å². The van der Waals surface area contributed by atoms with Crippen LogP contribution in [0.1, 0.15) is 47.0 Å². The predicted molar refractivity (Wildman–Crippen MR) is 85.2 cm³/mol. The molecular formula is C14H31N3S. The molecule has 0 amide bonds. The van der Waals surface area contributed by atoms with Crippen LogP contribution < -0.4 is 5.32 Å². The summed E-state index contributed by atoms with van der Waals surface area (Å²) in [6, 6.07) is 0. The van der Waals surface area contributed by atoms with Crippen molar-refractivity contribution in [3.63, 3.8) is 0 Å². The Morgan fingerprint density at radius 1 is 0.944 bits per heavy atom. The Hall–Kier alpha value is -0.350. The van der Waals surface area contributed by atoms with Gasteiger partial charge in [0.1, 0.15) is 0 Å². The molecule has 0 atom stereocenters. The van der Waals surface area contributed by atoms with E-state index in [2.05, 4.69) is 42.8 Å². The van der Waals surface area contributed by atoms with Gasteiger partial charge in [0.15, 0.2) is 5.11 Å². The Kier molecular flexibility index (Phi) is 11.5. The van der Waals surface area contributed by atoms with Crippen molar-refractivity contribution in [2.75, 3.05) is 39.3 Å². The number of nitrogens with one attached hydrogen (secondary N) is 1.